The number of sulfonamides is 1. The van der Waals surface area contributed by atoms with E-state index in [-0.39, 0.29) is 11.4 Å². The molecular formula is C16H18N4O3S. The van der Waals surface area contributed by atoms with Crippen LogP contribution >= 0.6 is 0 Å². The first-order chi connectivity index (χ1) is 11.6. The third kappa shape index (κ3) is 3.45. The molecule has 1 N–H and O–H groups in total. The summed E-state index contributed by atoms with van der Waals surface area (Å²) in [4.78, 5) is 9.03. The standard InChI is InChI=1S/C16H18N4O3S/c1-23-11-10-20-15(19-14-8-5-9-17-16(14)20)12-18-24(21,22)13-6-3-2-4-7-13/h2-9,18H,10-12H2,1H3. The summed E-state index contributed by atoms with van der Waals surface area (Å²) in [5, 5.41) is 0. The zero-order chi connectivity index (χ0) is 17.0. The van der Waals surface area contributed by atoms with Crippen molar-refractivity contribution in [3.63, 3.8) is 0 Å². The summed E-state index contributed by atoms with van der Waals surface area (Å²) >= 11 is 0. The lowest BCUT2D eigenvalue weighted by Crippen LogP contribution is -2.25. The fourth-order valence-electron chi connectivity index (χ4n) is 2.40. The van der Waals surface area contributed by atoms with E-state index in [9.17, 15) is 8.42 Å². The van der Waals surface area contributed by atoms with Crippen LogP contribution in [0.1, 0.15) is 5.82 Å². The summed E-state index contributed by atoms with van der Waals surface area (Å²) in [5.41, 5.74) is 1.44. The van der Waals surface area contributed by atoms with Gasteiger partial charge in [-0.1, -0.05) is 18.2 Å². The Kier molecular flexibility index (Phi) is 4.89. The predicted molar refractivity (Wildman–Crippen MR) is 89.9 cm³/mol. The molecule has 0 aliphatic heterocycles. The van der Waals surface area contributed by atoms with Crippen LogP contribution in [0, 0.1) is 0 Å². The van der Waals surface area contributed by atoms with Crippen molar-refractivity contribution in [1.29, 1.82) is 0 Å². The molecule has 0 radical (unpaired) electrons. The highest BCUT2D eigenvalue weighted by Crippen LogP contribution is 2.15. The van der Waals surface area contributed by atoms with E-state index in [0.717, 1.165) is 5.52 Å². The fourth-order valence-corrected chi connectivity index (χ4v) is 3.40. The van der Waals surface area contributed by atoms with Gasteiger partial charge in [-0.05, 0) is 24.3 Å². The number of hydrogen-bond donors (Lipinski definition) is 1. The van der Waals surface area contributed by atoms with Crippen molar-refractivity contribution in [3.8, 4) is 0 Å². The zero-order valence-corrected chi connectivity index (χ0v) is 14.0. The van der Waals surface area contributed by atoms with Gasteiger partial charge in [-0.25, -0.2) is 23.1 Å². The maximum atomic E-state index is 12.4. The van der Waals surface area contributed by atoms with Gasteiger partial charge in [-0.3, -0.25) is 0 Å². The van der Waals surface area contributed by atoms with Crippen LogP contribution in [0.3, 0.4) is 0 Å². The Morgan fingerprint density at radius 2 is 1.96 bits per heavy atom. The molecule has 2 aromatic heterocycles. The van der Waals surface area contributed by atoms with Crippen molar-refractivity contribution in [2.75, 3.05) is 13.7 Å². The highest BCUT2D eigenvalue weighted by molar-refractivity contribution is 7.89. The monoisotopic (exact) mass is 346 g/mol. The van der Waals surface area contributed by atoms with E-state index in [4.69, 9.17) is 4.74 Å². The van der Waals surface area contributed by atoms with Crippen LogP contribution in [-0.2, 0) is 27.8 Å². The number of ether oxygens (including phenoxy) is 1. The molecule has 3 rings (SSSR count). The van der Waals surface area contributed by atoms with E-state index in [2.05, 4.69) is 14.7 Å². The molecule has 0 spiro atoms. The number of rotatable bonds is 7. The van der Waals surface area contributed by atoms with Crippen molar-refractivity contribution in [1.82, 2.24) is 19.3 Å². The lowest BCUT2D eigenvalue weighted by Gasteiger charge is -2.09. The van der Waals surface area contributed by atoms with Gasteiger partial charge >= 0.3 is 0 Å². The van der Waals surface area contributed by atoms with Gasteiger partial charge in [0.25, 0.3) is 0 Å². The Labute approximate surface area is 140 Å². The predicted octanol–water partition coefficient (Wildman–Crippen LogP) is 1.56. The van der Waals surface area contributed by atoms with E-state index in [0.29, 0.717) is 24.6 Å². The van der Waals surface area contributed by atoms with E-state index >= 15 is 0 Å². The first-order valence-electron chi connectivity index (χ1n) is 7.45. The molecule has 0 amide bonds. The second-order valence-corrected chi connectivity index (χ2v) is 6.92. The van der Waals surface area contributed by atoms with E-state index in [1.165, 1.54) is 0 Å². The normalized spacial score (nSPS) is 11.9. The van der Waals surface area contributed by atoms with Crippen LogP contribution < -0.4 is 4.72 Å². The van der Waals surface area contributed by atoms with Gasteiger partial charge in [0, 0.05) is 19.9 Å². The smallest absolute Gasteiger partial charge is 0.240 e. The third-order valence-electron chi connectivity index (χ3n) is 3.58. The van der Waals surface area contributed by atoms with Gasteiger partial charge in [0.05, 0.1) is 18.0 Å². The molecule has 0 fully saturated rings. The SMILES string of the molecule is COCCn1c(CNS(=O)(=O)c2ccccc2)nc2cccnc21. The molecule has 8 heteroatoms. The Balaban J connectivity index is 1.87. The maximum absolute atomic E-state index is 12.4. The largest absolute Gasteiger partial charge is 0.383 e. The molecular weight excluding hydrogens is 328 g/mol. The second-order valence-electron chi connectivity index (χ2n) is 5.16. The number of nitrogens with zero attached hydrogens (tertiary/aromatic N) is 3. The third-order valence-corrected chi connectivity index (χ3v) is 4.99. The Bertz CT molecular complexity index is 923. The van der Waals surface area contributed by atoms with Gasteiger partial charge in [0.1, 0.15) is 11.3 Å². The number of benzene rings is 1. The molecule has 0 aliphatic carbocycles. The summed E-state index contributed by atoms with van der Waals surface area (Å²) in [6.07, 6.45) is 1.69. The average Bonchev–Trinajstić information content (AvgIpc) is 2.97. The molecule has 7 nitrogen and oxygen atoms in total. The van der Waals surface area contributed by atoms with Crippen molar-refractivity contribution in [2.24, 2.45) is 0 Å². The minimum Gasteiger partial charge on any atom is -0.383 e. The minimum absolute atomic E-state index is 0.0807. The maximum Gasteiger partial charge on any atom is 0.240 e. The van der Waals surface area contributed by atoms with Crippen molar-refractivity contribution in [2.45, 2.75) is 18.0 Å². The number of nitrogens with one attached hydrogen (secondary N) is 1. The van der Waals surface area contributed by atoms with Crippen LogP contribution in [0.15, 0.2) is 53.6 Å². The van der Waals surface area contributed by atoms with Crippen LogP contribution in [0.5, 0.6) is 0 Å². The molecule has 2 heterocycles. The topological polar surface area (TPSA) is 86.1 Å². The van der Waals surface area contributed by atoms with Crippen LogP contribution in [0.25, 0.3) is 11.2 Å². The highest BCUT2D eigenvalue weighted by Gasteiger charge is 2.17. The van der Waals surface area contributed by atoms with Crippen molar-refractivity contribution >= 4 is 21.2 Å². The van der Waals surface area contributed by atoms with Gasteiger partial charge in [0.15, 0.2) is 5.65 Å². The molecule has 0 saturated carbocycles. The summed E-state index contributed by atoms with van der Waals surface area (Å²) < 4.78 is 34.3. The Morgan fingerprint density at radius 1 is 1.17 bits per heavy atom. The van der Waals surface area contributed by atoms with E-state index in [1.807, 2.05) is 10.6 Å². The summed E-state index contributed by atoms with van der Waals surface area (Å²) in [5.74, 6) is 0.597. The van der Waals surface area contributed by atoms with Crippen molar-refractivity contribution in [3.05, 3.63) is 54.5 Å². The Hall–Kier alpha value is -2.29. The summed E-state index contributed by atoms with van der Waals surface area (Å²) in [7, 11) is -1.97. The molecule has 1 aromatic carbocycles. The number of hydrogen-bond acceptors (Lipinski definition) is 5. The Morgan fingerprint density at radius 3 is 2.71 bits per heavy atom. The van der Waals surface area contributed by atoms with Gasteiger partial charge < -0.3 is 9.30 Å². The lowest BCUT2D eigenvalue weighted by molar-refractivity contribution is 0.187. The number of methoxy groups -OCH3 is 1. The first-order valence-corrected chi connectivity index (χ1v) is 8.94. The van der Waals surface area contributed by atoms with Crippen LogP contribution in [0.2, 0.25) is 0 Å². The molecule has 24 heavy (non-hydrogen) atoms. The van der Waals surface area contributed by atoms with Crippen LogP contribution in [0.4, 0.5) is 0 Å². The molecule has 3 aromatic rings. The summed E-state index contributed by atoms with van der Waals surface area (Å²) in [6.45, 7) is 1.12. The van der Waals surface area contributed by atoms with Gasteiger partial charge in [-0.2, -0.15) is 0 Å². The second kappa shape index (κ2) is 7.08. The summed E-state index contributed by atoms with van der Waals surface area (Å²) in [6, 6.07) is 11.9. The number of fused-ring (bicyclic) bond motifs is 1. The lowest BCUT2D eigenvalue weighted by atomic mass is 10.4. The fraction of sp³-hybridized carbons (Fsp3) is 0.250. The number of pyridine rings is 1. The zero-order valence-electron chi connectivity index (χ0n) is 13.2. The minimum atomic E-state index is -3.59. The molecule has 0 atom stereocenters. The molecule has 126 valence electrons. The van der Waals surface area contributed by atoms with Gasteiger partial charge in [-0.15, -0.1) is 0 Å². The van der Waals surface area contributed by atoms with Gasteiger partial charge in [0.2, 0.25) is 10.0 Å². The first kappa shape index (κ1) is 16.6. The van der Waals surface area contributed by atoms with E-state index < -0.39 is 10.0 Å². The average molecular weight is 346 g/mol. The van der Waals surface area contributed by atoms with Crippen molar-refractivity contribution < 1.29 is 13.2 Å². The highest BCUT2D eigenvalue weighted by atomic mass is 32.2. The van der Waals surface area contributed by atoms with Crippen LogP contribution in [-0.4, -0.2) is 36.7 Å². The molecule has 0 unspecified atom stereocenters. The molecule has 0 bridgehead atoms. The number of aromatic nitrogens is 3. The molecule has 0 saturated heterocycles. The quantitative estimate of drug-likeness (QED) is 0.701. The van der Waals surface area contributed by atoms with E-state index in [1.54, 1.807) is 49.7 Å². The number of imidazole rings is 1. The molecule has 0 aliphatic rings.